The topological polar surface area (TPSA) is 62.3 Å². The van der Waals surface area contributed by atoms with Gasteiger partial charge in [-0.05, 0) is 31.5 Å². The van der Waals surface area contributed by atoms with E-state index in [0.29, 0.717) is 17.0 Å². The van der Waals surface area contributed by atoms with Crippen LogP contribution in [0.25, 0.3) is 0 Å². The van der Waals surface area contributed by atoms with Gasteiger partial charge in [-0.15, -0.1) is 11.3 Å². The lowest BCUT2D eigenvalue weighted by molar-refractivity contribution is -0.116. The minimum absolute atomic E-state index is 0.261. The Kier molecular flexibility index (Phi) is 6.89. The van der Waals surface area contributed by atoms with Crippen molar-refractivity contribution in [2.75, 3.05) is 18.4 Å². The van der Waals surface area contributed by atoms with Gasteiger partial charge in [-0.1, -0.05) is 36.4 Å². The van der Waals surface area contributed by atoms with Crippen LogP contribution in [0.1, 0.15) is 32.9 Å². The fourth-order valence-corrected chi connectivity index (χ4v) is 4.00. The van der Waals surface area contributed by atoms with E-state index in [9.17, 15) is 18.4 Å². The lowest BCUT2D eigenvalue weighted by Gasteiger charge is -2.20. The summed E-state index contributed by atoms with van der Waals surface area (Å²) in [5.41, 5.74) is 1.16. The summed E-state index contributed by atoms with van der Waals surface area (Å²) in [5.74, 6) is -2.76. The van der Waals surface area contributed by atoms with Gasteiger partial charge in [0.05, 0.1) is 10.7 Å². The van der Waals surface area contributed by atoms with E-state index >= 15 is 0 Å². The summed E-state index contributed by atoms with van der Waals surface area (Å²) in [6.45, 7) is 3.42. The quantitative estimate of drug-likeness (QED) is 0.605. The predicted octanol–water partition coefficient (Wildman–Crippen LogP) is 4.42. The normalized spacial score (nSPS) is 10.7. The molecule has 0 spiro atoms. The van der Waals surface area contributed by atoms with Crippen LogP contribution in [0, 0.1) is 18.6 Å². The maximum absolute atomic E-state index is 13.7. The van der Waals surface area contributed by atoms with Crippen LogP contribution < -0.4 is 5.32 Å². The number of aryl methyl sites for hydroxylation is 1. The third-order valence-corrected chi connectivity index (χ3v) is 5.61. The molecule has 0 fully saturated rings. The molecule has 30 heavy (non-hydrogen) atoms. The number of hydrogen-bond acceptors (Lipinski definition) is 4. The molecule has 0 aliphatic carbocycles. The molecule has 2 amide bonds. The van der Waals surface area contributed by atoms with Gasteiger partial charge in [0, 0.05) is 13.0 Å². The predicted molar refractivity (Wildman–Crippen MR) is 113 cm³/mol. The molecule has 3 rings (SSSR count). The number of amides is 2. The number of nitrogens with zero attached hydrogens (tertiary/aromatic N) is 2. The van der Waals surface area contributed by atoms with Gasteiger partial charge < -0.3 is 10.2 Å². The Morgan fingerprint density at radius 2 is 1.73 bits per heavy atom. The monoisotopic (exact) mass is 429 g/mol. The molecule has 5 nitrogen and oxygen atoms in total. The maximum Gasteiger partial charge on any atom is 0.266 e. The first-order valence-corrected chi connectivity index (χ1v) is 10.2. The zero-order valence-corrected chi connectivity index (χ0v) is 17.4. The number of halogens is 2. The van der Waals surface area contributed by atoms with E-state index in [1.807, 2.05) is 30.3 Å². The number of hydrogen-bond donors (Lipinski definition) is 1. The summed E-state index contributed by atoms with van der Waals surface area (Å²) in [6.07, 6.45) is 0.610. The molecule has 0 bridgehead atoms. The van der Waals surface area contributed by atoms with Crippen LogP contribution in [-0.4, -0.2) is 34.8 Å². The fraction of sp³-hybridized carbons (Fsp3) is 0.227. The van der Waals surface area contributed by atoms with Gasteiger partial charge in [-0.2, -0.15) is 0 Å². The van der Waals surface area contributed by atoms with Gasteiger partial charge in [-0.3, -0.25) is 9.59 Å². The minimum atomic E-state index is -0.874. The Balaban J connectivity index is 1.70. The molecule has 8 heteroatoms. The van der Waals surface area contributed by atoms with Crippen molar-refractivity contribution >= 4 is 28.8 Å². The molecule has 0 unspecified atom stereocenters. The summed E-state index contributed by atoms with van der Waals surface area (Å²) in [7, 11) is 0. The first kappa shape index (κ1) is 21.6. The summed E-state index contributed by atoms with van der Waals surface area (Å²) in [5, 5.41) is 3.01. The zero-order valence-electron chi connectivity index (χ0n) is 16.6. The SMILES string of the molecule is CCN(CC(=O)Nc1c(F)cccc1F)C(=O)c1sc(Cc2ccccc2)nc1C. The summed E-state index contributed by atoms with van der Waals surface area (Å²) >= 11 is 1.29. The second-order valence-electron chi connectivity index (χ2n) is 6.65. The van der Waals surface area contributed by atoms with Crippen LogP contribution in [0.15, 0.2) is 48.5 Å². The Hall–Kier alpha value is -3.13. The van der Waals surface area contributed by atoms with Crippen molar-refractivity contribution in [1.82, 2.24) is 9.88 Å². The van der Waals surface area contributed by atoms with Gasteiger partial charge in [0.15, 0.2) is 0 Å². The van der Waals surface area contributed by atoms with Gasteiger partial charge in [0.25, 0.3) is 5.91 Å². The molecule has 0 saturated heterocycles. The number of carbonyl (C=O) groups excluding carboxylic acids is 2. The van der Waals surface area contributed by atoms with E-state index in [4.69, 9.17) is 0 Å². The largest absolute Gasteiger partial charge is 0.329 e. The lowest BCUT2D eigenvalue weighted by atomic mass is 10.2. The van der Waals surface area contributed by atoms with Crippen molar-refractivity contribution in [1.29, 1.82) is 0 Å². The zero-order chi connectivity index (χ0) is 21.7. The average molecular weight is 429 g/mol. The van der Waals surface area contributed by atoms with Crippen LogP contribution in [-0.2, 0) is 11.2 Å². The van der Waals surface area contributed by atoms with E-state index in [0.717, 1.165) is 22.7 Å². The van der Waals surface area contributed by atoms with Crippen LogP contribution >= 0.6 is 11.3 Å². The number of benzene rings is 2. The van der Waals surface area contributed by atoms with Crippen molar-refractivity contribution in [2.45, 2.75) is 20.3 Å². The van der Waals surface area contributed by atoms with E-state index in [-0.39, 0.29) is 19.0 Å². The van der Waals surface area contributed by atoms with Crippen LogP contribution in [0.5, 0.6) is 0 Å². The molecule has 1 N–H and O–H groups in total. The molecule has 1 aromatic heterocycles. The van der Waals surface area contributed by atoms with Gasteiger partial charge in [-0.25, -0.2) is 13.8 Å². The number of thiazole rings is 1. The lowest BCUT2D eigenvalue weighted by Crippen LogP contribution is -2.38. The molecular formula is C22H21F2N3O2S. The third-order valence-electron chi connectivity index (χ3n) is 4.46. The molecule has 0 aliphatic heterocycles. The minimum Gasteiger partial charge on any atom is -0.329 e. The van der Waals surface area contributed by atoms with E-state index < -0.39 is 23.2 Å². The number of carbonyl (C=O) groups is 2. The Morgan fingerprint density at radius 3 is 2.37 bits per heavy atom. The fourth-order valence-electron chi connectivity index (χ4n) is 2.94. The van der Waals surface area contributed by atoms with Crippen LogP contribution in [0.3, 0.4) is 0 Å². The van der Waals surface area contributed by atoms with Gasteiger partial charge >= 0.3 is 0 Å². The summed E-state index contributed by atoms with van der Waals surface area (Å²) in [6, 6.07) is 13.1. The highest BCUT2D eigenvalue weighted by atomic mass is 32.1. The van der Waals surface area contributed by atoms with Crippen LogP contribution in [0.4, 0.5) is 14.5 Å². The van der Waals surface area contributed by atoms with Crippen molar-refractivity contribution in [2.24, 2.45) is 0 Å². The smallest absolute Gasteiger partial charge is 0.266 e. The Bertz CT molecular complexity index is 1030. The molecule has 0 saturated carbocycles. The average Bonchev–Trinajstić information content (AvgIpc) is 3.09. The molecule has 2 aromatic carbocycles. The number of rotatable bonds is 7. The van der Waals surface area contributed by atoms with E-state index in [1.54, 1.807) is 13.8 Å². The number of aromatic nitrogens is 1. The number of nitrogens with one attached hydrogen (secondary N) is 1. The van der Waals surface area contributed by atoms with E-state index in [1.165, 1.54) is 22.3 Å². The highest BCUT2D eigenvalue weighted by molar-refractivity contribution is 7.13. The molecule has 0 aliphatic rings. The number of anilines is 1. The molecule has 156 valence electrons. The highest BCUT2D eigenvalue weighted by Crippen LogP contribution is 2.23. The number of likely N-dealkylation sites (N-methyl/N-ethyl adjacent to an activating group) is 1. The maximum atomic E-state index is 13.7. The molecule has 0 radical (unpaired) electrons. The third kappa shape index (κ3) is 5.07. The van der Waals surface area contributed by atoms with Gasteiger partial charge in [0.1, 0.15) is 28.7 Å². The Labute approximate surface area is 177 Å². The molecule has 0 atom stereocenters. The second kappa shape index (κ2) is 9.58. The van der Waals surface area contributed by atoms with E-state index in [2.05, 4.69) is 10.3 Å². The van der Waals surface area contributed by atoms with Crippen molar-refractivity contribution in [3.63, 3.8) is 0 Å². The second-order valence-corrected chi connectivity index (χ2v) is 7.73. The molecular weight excluding hydrogens is 408 g/mol. The van der Waals surface area contributed by atoms with Crippen LogP contribution in [0.2, 0.25) is 0 Å². The van der Waals surface area contributed by atoms with Gasteiger partial charge in [0.2, 0.25) is 5.91 Å². The molecule has 1 heterocycles. The van der Waals surface area contributed by atoms with Crippen molar-refractivity contribution in [3.8, 4) is 0 Å². The Morgan fingerprint density at radius 1 is 1.07 bits per heavy atom. The number of para-hydroxylation sites is 1. The van der Waals surface area contributed by atoms with Crippen molar-refractivity contribution < 1.29 is 18.4 Å². The van der Waals surface area contributed by atoms with Crippen molar-refractivity contribution in [3.05, 3.63) is 81.3 Å². The molecule has 3 aromatic rings. The highest BCUT2D eigenvalue weighted by Gasteiger charge is 2.23. The summed E-state index contributed by atoms with van der Waals surface area (Å²) < 4.78 is 27.5. The first-order chi connectivity index (χ1) is 14.4. The summed E-state index contributed by atoms with van der Waals surface area (Å²) in [4.78, 5) is 31.5. The standard InChI is InChI=1S/C22H21F2N3O2S/c1-3-27(13-18(28)26-20-16(23)10-7-11-17(20)24)22(29)21-14(2)25-19(30-21)12-15-8-5-4-6-9-15/h4-11H,3,12-13H2,1-2H3,(H,26,28). The first-order valence-electron chi connectivity index (χ1n) is 9.42.